The highest BCUT2D eigenvalue weighted by Crippen LogP contribution is 2.19. The lowest BCUT2D eigenvalue weighted by molar-refractivity contribution is -0.0120. The Morgan fingerprint density at radius 1 is 1.39 bits per heavy atom. The van der Waals surface area contributed by atoms with Gasteiger partial charge in [0.2, 0.25) is 10.0 Å². The molecule has 1 aliphatic rings. The molecule has 1 heterocycles. The van der Waals surface area contributed by atoms with Crippen LogP contribution in [0.3, 0.4) is 0 Å². The maximum Gasteiger partial charge on any atom is 0.243 e. The highest BCUT2D eigenvalue weighted by Gasteiger charge is 2.31. The molecule has 2 atom stereocenters. The second kappa shape index (κ2) is 5.36. The van der Waals surface area contributed by atoms with Gasteiger partial charge in [0.1, 0.15) is 0 Å². The van der Waals surface area contributed by atoms with E-state index in [1.54, 1.807) is 30.3 Å². The molecule has 0 radical (unpaired) electrons. The number of hydrogen-bond donors (Lipinski definition) is 1. The molecule has 6 heteroatoms. The topological polar surface area (TPSA) is 72.6 Å². The van der Waals surface area contributed by atoms with Crippen LogP contribution in [0.1, 0.15) is 6.92 Å². The number of benzene rings is 1. The lowest BCUT2D eigenvalue weighted by atomic mass is 10.2. The zero-order chi connectivity index (χ0) is 13.2. The predicted molar refractivity (Wildman–Crippen MR) is 68.6 cm³/mol. The van der Waals surface area contributed by atoms with Crippen molar-refractivity contribution in [3.63, 3.8) is 0 Å². The van der Waals surface area contributed by atoms with Crippen molar-refractivity contribution in [3.05, 3.63) is 30.3 Å². The van der Waals surface area contributed by atoms with Crippen LogP contribution in [0.25, 0.3) is 0 Å². The van der Waals surface area contributed by atoms with Crippen LogP contribution >= 0.6 is 0 Å². The Kier molecular flexibility index (Phi) is 4.01. The molecule has 0 aliphatic carbocycles. The van der Waals surface area contributed by atoms with Gasteiger partial charge < -0.3 is 10.5 Å². The van der Waals surface area contributed by atoms with Gasteiger partial charge in [-0.25, -0.2) is 8.42 Å². The number of hydrogen-bond acceptors (Lipinski definition) is 4. The number of sulfonamides is 1. The maximum absolute atomic E-state index is 12.4. The standard InChI is InChI=1S/C12H18N2O3S/c1-10(13)12-9-14(7-8-17-12)18(15,16)11-5-3-2-4-6-11/h2-6,10,12H,7-9,13H2,1H3. The van der Waals surface area contributed by atoms with E-state index in [2.05, 4.69) is 0 Å². The molecule has 0 bridgehead atoms. The number of morpholine rings is 1. The highest BCUT2D eigenvalue weighted by molar-refractivity contribution is 7.89. The Balaban J connectivity index is 2.21. The van der Waals surface area contributed by atoms with E-state index < -0.39 is 10.0 Å². The van der Waals surface area contributed by atoms with Gasteiger partial charge in [-0.05, 0) is 19.1 Å². The Hall–Kier alpha value is -0.950. The first kappa shape index (κ1) is 13.5. The summed E-state index contributed by atoms with van der Waals surface area (Å²) in [6.45, 7) is 2.90. The van der Waals surface area contributed by atoms with E-state index in [4.69, 9.17) is 10.5 Å². The van der Waals surface area contributed by atoms with Gasteiger partial charge in [0.05, 0.1) is 17.6 Å². The van der Waals surface area contributed by atoms with Crippen molar-refractivity contribution in [2.45, 2.75) is 24.0 Å². The lowest BCUT2D eigenvalue weighted by Crippen LogP contribution is -2.51. The van der Waals surface area contributed by atoms with Crippen LogP contribution in [-0.2, 0) is 14.8 Å². The van der Waals surface area contributed by atoms with Crippen LogP contribution in [0, 0.1) is 0 Å². The lowest BCUT2D eigenvalue weighted by Gasteiger charge is -2.33. The molecule has 2 rings (SSSR count). The van der Waals surface area contributed by atoms with Crippen molar-refractivity contribution < 1.29 is 13.2 Å². The molecular weight excluding hydrogens is 252 g/mol. The smallest absolute Gasteiger partial charge is 0.243 e. The average molecular weight is 270 g/mol. The van der Waals surface area contributed by atoms with E-state index in [-0.39, 0.29) is 12.1 Å². The molecule has 2 unspecified atom stereocenters. The zero-order valence-electron chi connectivity index (χ0n) is 10.3. The third-order valence-electron chi connectivity index (χ3n) is 3.02. The fourth-order valence-electron chi connectivity index (χ4n) is 1.93. The molecular formula is C12H18N2O3S. The molecule has 0 spiro atoms. The van der Waals surface area contributed by atoms with Crippen molar-refractivity contribution >= 4 is 10.0 Å². The first-order valence-electron chi connectivity index (χ1n) is 5.94. The minimum Gasteiger partial charge on any atom is -0.374 e. The SMILES string of the molecule is CC(N)C1CN(S(=O)(=O)c2ccccc2)CCO1. The molecule has 1 saturated heterocycles. The second-order valence-corrected chi connectivity index (χ2v) is 6.38. The Morgan fingerprint density at radius 2 is 2.06 bits per heavy atom. The van der Waals surface area contributed by atoms with E-state index in [9.17, 15) is 8.42 Å². The summed E-state index contributed by atoms with van der Waals surface area (Å²) in [5, 5.41) is 0. The molecule has 1 aromatic rings. The van der Waals surface area contributed by atoms with E-state index in [1.165, 1.54) is 4.31 Å². The Bertz CT molecular complexity index is 487. The van der Waals surface area contributed by atoms with Crippen molar-refractivity contribution in [1.29, 1.82) is 0 Å². The van der Waals surface area contributed by atoms with Crippen LogP contribution in [0.5, 0.6) is 0 Å². The van der Waals surface area contributed by atoms with Crippen molar-refractivity contribution in [1.82, 2.24) is 4.31 Å². The fourth-order valence-corrected chi connectivity index (χ4v) is 3.39. The number of rotatable bonds is 3. The maximum atomic E-state index is 12.4. The van der Waals surface area contributed by atoms with Crippen LogP contribution in [0.4, 0.5) is 0 Å². The first-order chi connectivity index (χ1) is 8.51. The largest absolute Gasteiger partial charge is 0.374 e. The third kappa shape index (κ3) is 2.72. The summed E-state index contributed by atoms with van der Waals surface area (Å²) in [5.74, 6) is 0. The molecule has 18 heavy (non-hydrogen) atoms. The van der Waals surface area contributed by atoms with Gasteiger partial charge in [0, 0.05) is 19.1 Å². The second-order valence-electron chi connectivity index (χ2n) is 4.44. The van der Waals surface area contributed by atoms with Gasteiger partial charge in [0.25, 0.3) is 0 Å². The summed E-state index contributed by atoms with van der Waals surface area (Å²) in [6.07, 6.45) is -0.239. The van der Waals surface area contributed by atoms with Crippen LogP contribution in [-0.4, -0.2) is 44.6 Å². The summed E-state index contributed by atoms with van der Waals surface area (Å²) in [7, 11) is -3.43. The number of ether oxygens (including phenoxy) is 1. The van der Waals surface area contributed by atoms with Gasteiger partial charge in [-0.15, -0.1) is 0 Å². The van der Waals surface area contributed by atoms with Crippen molar-refractivity contribution in [3.8, 4) is 0 Å². The first-order valence-corrected chi connectivity index (χ1v) is 7.38. The summed E-state index contributed by atoms with van der Waals surface area (Å²) < 4.78 is 31.7. The minimum absolute atomic E-state index is 0.182. The summed E-state index contributed by atoms with van der Waals surface area (Å²) in [5.41, 5.74) is 5.76. The van der Waals surface area contributed by atoms with Crippen molar-refractivity contribution in [2.75, 3.05) is 19.7 Å². The van der Waals surface area contributed by atoms with E-state index in [0.717, 1.165) is 0 Å². The summed E-state index contributed by atoms with van der Waals surface area (Å²) in [4.78, 5) is 0.315. The van der Waals surface area contributed by atoms with Crippen LogP contribution in [0.15, 0.2) is 35.2 Å². The summed E-state index contributed by atoms with van der Waals surface area (Å²) >= 11 is 0. The van der Waals surface area contributed by atoms with E-state index >= 15 is 0 Å². The number of nitrogens with two attached hydrogens (primary N) is 1. The normalized spacial score (nSPS) is 23.8. The Morgan fingerprint density at radius 3 is 2.67 bits per heavy atom. The molecule has 0 amide bonds. The zero-order valence-corrected chi connectivity index (χ0v) is 11.1. The molecule has 1 fully saturated rings. The van der Waals surface area contributed by atoms with E-state index in [1.807, 2.05) is 6.92 Å². The van der Waals surface area contributed by atoms with Gasteiger partial charge in [-0.1, -0.05) is 18.2 Å². The fraction of sp³-hybridized carbons (Fsp3) is 0.500. The molecule has 0 aromatic heterocycles. The van der Waals surface area contributed by atoms with Gasteiger partial charge in [0.15, 0.2) is 0 Å². The molecule has 100 valence electrons. The number of nitrogens with zero attached hydrogens (tertiary/aromatic N) is 1. The predicted octanol–water partition coefficient (Wildman–Crippen LogP) is 0.423. The van der Waals surface area contributed by atoms with Gasteiger partial charge in [-0.2, -0.15) is 4.31 Å². The average Bonchev–Trinajstić information content (AvgIpc) is 2.40. The van der Waals surface area contributed by atoms with Gasteiger partial charge >= 0.3 is 0 Å². The molecule has 0 saturated carbocycles. The molecule has 2 N–H and O–H groups in total. The molecule has 5 nitrogen and oxygen atoms in total. The highest BCUT2D eigenvalue weighted by atomic mass is 32.2. The monoisotopic (exact) mass is 270 g/mol. The summed E-state index contributed by atoms with van der Waals surface area (Å²) in [6, 6.07) is 8.26. The van der Waals surface area contributed by atoms with Gasteiger partial charge in [-0.3, -0.25) is 0 Å². The minimum atomic E-state index is -3.43. The van der Waals surface area contributed by atoms with Crippen LogP contribution < -0.4 is 5.73 Å². The van der Waals surface area contributed by atoms with E-state index in [0.29, 0.717) is 24.6 Å². The third-order valence-corrected chi connectivity index (χ3v) is 4.90. The molecule has 1 aromatic carbocycles. The molecule has 1 aliphatic heterocycles. The van der Waals surface area contributed by atoms with Crippen molar-refractivity contribution in [2.24, 2.45) is 5.73 Å². The van der Waals surface area contributed by atoms with Crippen LogP contribution in [0.2, 0.25) is 0 Å². The Labute approximate surface area is 108 Å². The quantitative estimate of drug-likeness (QED) is 0.864.